The Morgan fingerprint density at radius 3 is 2.37 bits per heavy atom. The zero-order valence-corrected chi connectivity index (χ0v) is 11.4. The quantitative estimate of drug-likeness (QED) is 0.825. The van der Waals surface area contributed by atoms with Crippen LogP contribution in [0.3, 0.4) is 0 Å². The summed E-state index contributed by atoms with van der Waals surface area (Å²) < 4.78 is 0. The maximum Gasteiger partial charge on any atom is 0.243 e. The fraction of sp³-hybridized carbons (Fsp3) is 0.786. The van der Waals surface area contributed by atoms with E-state index in [0.29, 0.717) is 44.2 Å². The molecule has 2 N–H and O–H groups in total. The SMILES string of the molecule is CC1CC(C#N)(C(=O)N2CCC(CC(N)=O)CC2)C1. The molecule has 1 aliphatic heterocycles. The lowest BCUT2D eigenvalue weighted by Gasteiger charge is -2.44. The number of nitriles is 1. The number of hydrogen-bond acceptors (Lipinski definition) is 3. The molecule has 0 radical (unpaired) electrons. The van der Waals surface area contributed by atoms with Gasteiger partial charge in [-0.1, -0.05) is 6.92 Å². The molecular formula is C14H21N3O2. The van der Waals surface area contributed by atoms with Crippen molar-refractivity contribution in [1.29, 1.82) is 5.26 Å². The number of carbonyl (C=O) groups excluding carboxylic acids is 2. The van der Waals surface area contributed by atoms with Gasteiger partial charge in [-0.3, -0.25) is 9.59 Å². The lowest BCUT2D eigenvalue weighted by molar-refractivity contribution is -0.146. The summed E-state index contributed by atoms with van der Waals surface area (Å²) in [5, 5.41) is 9.27. The number of carbonyl (C=O) groups is 2. The van der Waals surface area contributed by atoms with Crippen LogP contribution in [0.25, 0.3) is 0 Å². The Balaban J connectivity index is 1.89. The Kier molecular flexibility index (Phi) is 3.79. The van der Waals surface area contributed by atoms with Crippen LogP contribution >= 0.6 is 0 Å². The van der Waals surface area contributed by atoms with Crippen molar-refractivity contribution >= 4 is 11.8 Å². The lowest BCUT2D eigenvalue weighted by atomic mass is 9.62. The maximum atomic E-state index is 12.4. The number of rotatable bonds is 3. The van der Waals surface area contributed by atoms with Crippen LogP contribution in [0.4, 0.5) is 0 Å². The second kappa shape index (κ2) is 5.20. The standard InChI is InChI=1S/C14H21N3O2/c1-10-7-14(8-10,9-15)13(19)17-4-2-11(3-5-17)6-12(16)18/h10-11H,2-8H2,1H3,(H2,16,18). The van der Waals surface area contributed by atoms with E-state index in [1.54, 1.807) is 4.90 Å². The highest BCUT2D eigenvalue weighted by Gasteiger charge is 2.50. The zero-order valence-electron chi connectivity index (χ0n) is 11.4. The van der Waals surface area contributed by atoms with Gasteiger partial charge in [0.05, 0.1) is 6.07 Å². The Labute approximate surface area is 113 Å². The first-order valence-corrected chi connectivity index (χ1v) is 6.96. The van der Waals surface area contributed by atoms with Gasteiger partial charge in [0.1, 0.15) is 5.41 Å². The number of amides is 2. The van der Waals surface area contributed by atoms with Crippen LogP contribution < -0.4 is 5.73 Å². The lowest BCUT2D eigenvalue weighted by Crippen LogP contribution is -2.52. The normalized spacial score (nSPS) is 31.4. The fourth-order valence-corrected chi connectivity index (χ4v) is 3.37. The Bertz CT molecular complexity index is 413. The van der Waals surface area contributed by atoms with Crippen molar-refractivity contribution < 1.29 is 9.59 Å². The zero-order chi connectivity index (χ0) is 14.0. The van der Waals surface area contributed by atoms with Gasteiger partial charge in [0.25, 0.3) is 0 Å². The molecule has 2 rings (SSSR count). The van der Waals surface area contributed by atoms with Gasteiger partial charge in [0.15, 0.2) is 0 Å². The van der Waals surface area contributed by atoms with Crippen LogP contribution in [0.5, 0.6) is 0 Å². The number of nitrogens with zero attached hydrogens (tertiary/aromatic N) is 2. The molecule has 104 valence electrons. The summed E-state index contributed by atoms with van der Waals surface area (Å²) in [5.41, 5.74) is 4.42. The van der Waals surface area contributed by atoms with E-state index in [1.165, 1.54) is 0 Å². The largest absolute Gasteiger partial charge is 0.370 e. The van der Waals surface area contributed by atoms with E-state index in [2.05, 4.69) is 13.0 Å². The monoisotopic (exact) mass is 263 g/mol. The third-order valence-electron chi connectivity index (χ3n) is 4.41. The average Bonchev–Trinajstić information content (AvgIpc) is 2.34. The van der Waals surface area contributed by atoms with Crippen LogP contribution in [0, 0.1) is 28.6 Å². The van der Waals surface area contributed by atoms with Crippen LogP contribution in [0.2, 0.25) is 0 Å². The first kappa shape index (κ1) is 13.9. The molecule has 5 heteroatoms. The molecule has 2 amide bonds. The fourth-order valence-electron chi connectivity index (χ4n) is 3.37. The van der Waals surface area contributed by atoms with Gasteiger partial charge < -0.3 is 10.6 Å². The summed E-state index contributed by atoms with van der Waals surface area (Å²) in [5.74, 6) is 0.479. The molecule has 0 atom stereocenters. The van der Waals surface area contributed by atoms with Crippen LogP contribution in [0.1, 0.15) is 39.0 Å². The van der Waals surface area contributed by atoms with Gasteiger partial charge in [-0.15, -0.1) is 0 Å². The van der Waals surface area contributed by atoms with Crippen molar-refractivity contribution in [1.82, 2.24) is 4.90 Å². The maximum absolute atomic E-state index is 12.4. The van der Waals surface area contributed by atoms with Gasteiger partial charge in [0, 0.05) is 19.5 Å². The molecule has 2 fully saturated rings. The predicted molar refractivity (Wildman–Crippen MR) is 69.6 cm³/mol. The molecule has 0 unspecified atom stereocenters. The minimum Gasteiger partial charge on any atom is -0.370 e. The Morgan fingerprint density at radius 2 is 1.95 bits per heavy atom. The highest BCUT2D eigenvalue weighted by atomic mass is 16.2. The molecule has 0 spiro atoms. The van der Waals surface area contributed by atoms with Crippen molar-refractivity contribution in [2.45, 2.75) is 39.0 Å². The van der Waals surface area contributed by atoms with E-state index in [0.717, 1.165) is 12.8 Å². The van der Waals surface area contributed by atoms with Crippen LogP contribution in [-0.4, -0.2) is 29.8 Å². The minimum absolute atomic E-state index is 0.00868. The molecule has 0 aromatic carbocycles. The van der Waals surface area contributed by atoms with Crippen molar-refractivity contribution in [2.24, 2.45) is 23.0 Å². The van der Waals surface area contributed by atoms with Crippen molar-refractivity contribution in [3.05, 3.63) is 0 Å². The number of nitrogens with two attached hydrogens (primary N) is 1. The molecule has 1 heterocycles. The summed E-state index contributed by atoms with van der Waals surface area (Å²) in [6.45, 7) is 3.37. The summed E-state index contributed by atoms with van der Waals surface area (Å²) >= 11 is 0. The van der Waals surface area contributed by atoms with E-state index < -0.39 is 5.41 Å². The van der Waals surface area contributed by atoms with E-state index in [1.807, 2.05) is 0 Å². The summed E-state index contributed by atoms with van der Waals surface area (Å²) in [4.78, 5) is 25.1. The predicted octanol–water partition coefficient (Wildman–Crippen LogP) is 1.04. The van der Waals surface area contributed by atoms with E-state index in [9.17, 15) is 14.9 Å². The topological polar surface area (TPSA) is 87.2 Å². The highest BCUT2D eigenvalue weighted by molar-refractivity contribution is 5.86. The third-order valence-corrected chi connectivity index (χ3v) is 4.41. The molecule has 2 aliphatic rings. The Hall–Kier alpha value is -1.57. The number of likely N-dealkylation sites (tertiary alicyclic amines) is 1. The second-order valence-corrected chi connectivity index (χ2v) is 6.11. The first-order chi connectivity index (χ1) is 8.97. The van der Waals surface area contributed by atoms with E-state index >= 15 is 0 Å². The smallest absolute Gasteiger partial charge is 0.243 e. The van der Waals surface area contributed by atoms with E-state index in [4.69, 9.17) is 5.73 Å². The van der Waals surface area contributed by atoms with Gasteiger partial charge in [-0.05, 0) is 37.5 Å². The minimum atomic E-state index is -0.768. The van der Waals surface area contributed by atoms with Gasteiger partial charge >= 0.3 is 0 Å². The molecular weight excluding hydrogens is 242 g/mol. The van der Waals surface area contributed by atoms with Crippen molar-refractivity contribution in [3.63, 3.8) is 0 Å². The van der Waals surface area contributed by atoms with E-state index in [-0.39, 0.29) is 11.8 Å². The van der Waals surface area contributed by atoms with Gasteiger partial charge in [-0.25, -0.2) is 0 Å². The molecule has 0 bridgehead atoms. The molecule has 5 nitrogen and oxygen atoms in total. The van der Waals surface area contributed by atoms with Crippen LogP contribution in [0.15, 0.2) is 0 Å². The first-order valence-electron chi connectivity index (χ1n) is 6.96. The van der Waals surface area contributed by atoms with Crippen molar-refractivity contribution in [2.75, 3.05) is 13.1 Å². The Morgan fingerprint density at radius 1 is 1.37 bits per heavy atom. The number of hydrogen-bond donors (Lipinski definition) is 1. The van der Waals surface area contributed by atoms with Crippen LogP contribution in [-0.2, 0) is 9.59 Å². The average molecular weight is 263 g/mol. The second-order valence-electron chi connectivity index (χ2n) is 6.11. The summed E-state index contributed by atoms with van der Waals surface area (Å²) in [7, 11) is 0. The highest BCUT2D eigenvalue weighted by Crippen LogP contribution is 2.46. The molecule has 1 aliphatic carbocycles. The van der Waals surface area contributed by atoms with Gasteiger partial charge in [-0.2, -0.15) is 5.26 Å². The number of primary amides is 1. The van der Waals surface area contributed by atoms with Gasteiger partial charge in [0.2, 0.25) is 11.8 Å². The molecule has 0 aromatic rings. The molecule has 19 heavy (non-hydrogen) atoms. The summed E-state index contributed by atoms with van der Waals surface area (Å²) in [6.07, 6.45) is 3.40. The van der Waals surface area contributed by atoms with Crippen molar-refractivity contribution in [3.8, 4) is 6.07 Å². The summed E-state index contributed by atoms with van der Waals surface area (Å²) in [6, 6.07) is 2.22. The third kappa shape index (κ3) is 2.73. The molecule has 1 saturated carbocycles. The molecule has 0 aromatic heterocycles. The number of piperidine rings is 1. The molecule has 1 saturated heterocycles.